The van der Waals surface area contributed by atoms with E-state index in [2.05, 4.69) is 19.2 Å². The van der Waals surface area contributed by atoms with Crippen LogP contribution in [0.25, 0.3) is 0 Å². The molecule has 0 aromatic heterocycles. The van der Waals surface area contributed by atoms with Gasteiger partial charge in [-0.3, -0.25) is 4.79 Å². The number of rotatable bonds is 7. The first-order valence-electron chi connectivity index (χ1n) is 7.70. The summed E-state index contributed by atoms with van der Waals surface area (Å²) in [4.78, 5) is 14.3. The van der Waals surface area contributed by atoms with E-state index < -0.39 is 0 Å². The number of nitrogens with one attached hydrogen (secondary N) is 1. The number of piperidine rings is 1. The maximum absolute atomic E-state index is 12.2. The van der Waals surface area contributed by atoms with Gasteiger partial charge in [0.2, 0.25) is 5.91 Å². The highest BCUT2D eigenvalue weighted by atomic mass is 16.2. The second kappa shape index (κ2) is 8.52. The van der Waals surface area contributed by atoms with Gasteiger partial charge in [-0.05, 0) is 39.5 Å². The maximum Gasteiger partial charge on any atom is 0.239 e. The molecular formula is C15H30N2O. The highest BCUT2D eigenvalue weighted by Crippen LogP contribution is 2.11. The molecule has 1 rings (SSSR count). The van der Waals surface area contributed by atoms with Crippen molar-refractivity contribution in [2.24, 2.45) is 0 Å². The van der Waals surface area contributed by atoms with Gasteiger partial charge in [0.15, 0.2) is 0 Å². The summed E-state index contributed by atoms with van der Waals surface area (Å²) in [6.45, 7) is 8.33. The predicted octanol–water partition coefficient (Wildman–Crippen LogP) is 2.95. The Morgan fingerprint density at radius 1 is 1.17 bits per heavy atom. The molecule has 0 spiro atoms. The Kier molecular flexibility index (Phi) is 7.33. The largest absolute Gasteiger partial charge is 0.341 e. The van der Waals surface area contributed by atoms with Crippen LogP contribution in [-0.4, -0.2) is 36.0 Å². The average molecular weight is 254 g/mol. The molecular weight excluding hydrogens is 224 g/mol. The molecule has 0 aromatic carbocycles. The summed E-state index contributed by atoms with van der Waals surface area (Å²) in [6.07, 6.45) is 8.60. The van der Waals surface area contributed by atoms with Crippen LogP contribution in [0.2, 0.25) is 0 Å². The lowest BCUT2D eigenvalue weighted by atomic mass is 10.1. The molecule has 3 nitrogen and oxygen atoms in total. The predicted molar refractivity (Wildman–Crippen MR) is 76.6 cm³/mol. The van der Waals surface area contributed by atoms with Crippen LogP contribution >= 0.6 is 0 Å². The minimum Gasteiger partial charge on any atom is -0.341 e. The first-order valence-corrected chi connectivity index (χ1v) is 7.70. The van der Waals surface area contributed by atoms with Crippen molar-refractivity contribution >= 4 is 5.91 Å². The molecule has 1 fully saturated rings. The van der Waals surface area contributed by atoms with Gasteiger partial charge >= 0.3 is 0 Å². The van der Waals surface area contributed by atoms with Gasteiger partial charge in [-0.2, -0.15) is 0 Å². The van der Waals surface area contributed by atoms with Gasteiger partial charge in [-0.1, -0.05) is 26.2 Å². The molecule has 3 heteroatoms. The molecule has 1 heterocycles. The molecule has 1 saturated heterocycles. The SMILES string of the molecule is CCCCCC(C)NC(C)C(=O)N1CCCCC1. The molecule has 1 amide bonds. The second-order valence-corrected chi connectivity index (χ2v) is 5.67. The van der Waals surface area contributed by atoms with E-state index in [1.165, 1.54) is 44.9 Å². The number of carbonyl (C=O) groups is 1. The van der Waals surface area contributed by atoms with Gasteiger partial charge in [-0.25, -0.2) is 0 Å². The van der Waals surface area contributed by atoms with E-state index in [0.29, 0.717) is 6.04 Å². The fourth-order valence-corrected chi connectivity index (χ4v) is 2.67. The molecule has 18 heavy (non-hydrogen) atoms. The molecule has 0 aliphatic carbocycles. The van der Waals surface area contributed by atoms with E-state index in [4.69, 9.17) is 0 Å². The third-order valence-corrected chi connectivity index (χ3v) is 3.81. The van der Waals surface area contributed by atoms with E-state index in [1.807, 2.05) is 11.8 Å². The summed E-state index contributed by atoms with van der Waals surface area (Å²) < 4.78 is 0. The van der Waals surface area contributed by atoms with Crippen molar-refractivity contribution in [1.82, 2.24) is 10.2 Å². The van der Waals surface area contributed by atoms with Crippen molar-refractivity contribution in [3.05, 3.63) is 0 Å². The zero-order valence-electron chi connectivity index (χ0n) is 12.4. The van der Waals surface area contributed by atoms with Gasteiger partial charge < -0.3 is 10.2 Å². The lowest BCUT2D eigenvalue weighted by Gasteiger charge is -2.30. The Labute approximate surface area is 112 Å². The molecule has 0 bridgehead atoms. The van der Waals surface area contributed by atoms with Crippen LogP contribution < -0.4 is 5.32 Å². The van der Waals surface area contributed by atoms with Gasteiger partial charge in [-0.15, -0.1) is 0 Å². The topological polar surface area (TPSA) is 32.3 Å². The molecule has 0 radical (unpaired) electrons. The van der Waals surface area contributed by atoms with Crippen LogP contribution in [0.3, 0.4) is 0 Å². The first-order chi connectivity index (χ1) is 8.65. The van der Waals surface area contributed by atoms with Crippen LogP contribution in [0.15, 0.2) is 0 Å². The number of likely N-dealkylation sites (tertiary alicyclic amines) is 1. The Bertz CT molecular complexity index is 237. The quantitative estimate of drug-likeness (QED) is 0.708. The highest BCUT2D eigenvalue weighted by Gasteiger charge is 2.22. The standard InChI is InChI=1S/C15H30N2O/c1-4-5-7-10-13(2)16-14(3)15(18)17-11-8-6-9-12-17/h13-14,16H,4-12H2,1-3H3. The number of nitrogens with zero attached hydrogens (tertiary/aromatic N) is 1. The number of amides is 1. The van der Waals surface area contributed by atoms with Crippen LogP contribution in [0, 0.1) is 0 Å². The molecule has 1 aliphatic heterocycles. The third kappa shape index (κ3) is 5.38. The first kappa shape index (κ1) is 15.5. The Hall–Kier alpha value is -0.570. The normalized spacial score (nSPS) is 19.6. The number of hydrogen-bond donors (Lipinski definition) is 1. The fourth-order valence-electron chi connectivity index (χ4n) is 2.67. The van der Waals surface area contributed by atoms with Crippen molar-refractivity contribution in [2.75, 3.05) is 13.1 Å². The van der Waals surface area contributed by atoms with Gasteiger partial charge in [0.05, 0.1) is 6.04 Å². The summed E-state index contributed by atoms with van der Waals surface area (Å²) >= 11 is 0. The maximum atomic E-state index is 12.2. The summed E-state index contributed by atoms with van der Waals surface area (Å²) in [6, 6.07) is 0.417. The zero-order chi connectivity index (χ0) is 13.4. The van der Waals surface area contributed by atoms with Crippen LogP contribution in [0.1, 0.15) is 65.7 Å². The smallest absolute Gasteiger partial charge is 0.239 e. The van der Waals surface area contributed by atoms with Crippen molar-refractivity contribution in [3.8, 4) is 0 Å². The van der Waals surface area contributed by atoms with E-state index in [-0.39, 0.29) is 11.9 Å². The van der Waals surface area contributed by atoms with Gasteiger partial charge in [0.1, 0.15) is 0 Å². The Balaban J connectivity index is 2.25. The van der Waals surface area contributed by atoms with E-state index in [9.17, 15) is 4.79 Å². The monoisotopic (exact) mass is 254 g/mol. The van der Waals surface area contributed by atoms with Crippen molar-refractivity contribution in [2.45, 2.75) is 77.8 Å². The molecule has 0 saturated carbocycles. The fraction of sp³-hybridized carbons (Fsp3) is 0.933. The molecule has 106 valence electrons. The van der Waals surface area contributed by atoms with E-state index in [0.717, 1.165) is 13.1 Å². The highest BCUT2D eigenvalue weighted by molar-refractivity contribution is 5.81. The van der Waals surface area contributed by atoms with E-state index >= 15 is 0 Å². The van der Waals surface area contributed by atoms with Crippen molar-refractivity contribution < 1.29 is 4.79 Å². The summed E-state index contributed by atoms with van der Waals surface area (Å²) in [5.74, 6) is 0.289. The Morgan fingerprint density at radius 3 is 2.44 bits per heavy atom. The van der Waals surface area contributed by atoms with Crippen LogP contribution in [0.4, 0.5) is 0 Å². The lowest BCUT2D eigenvalue weighted by Crippen LogP contribution is -2.49. The van der Waals surface area contributed by atoms with E-state index in [1.54, 1.807) is 0 Å². The van der Waals surface area contributed by atoms with Gasteiger partial charge in [0.25, 0.3) is 0 Å². The molecule has 1 N–H and O–H groups in total. The summed E-state index contributed by atoms with van der Waals surface area (Å²) in [7, 11) is 0. The van der Waals surface area contributed by atoms with Crippen LogP contribution in [0.5, 0.6) is 0 Å². The van der Waals surface area contributed by atoms with Gasteiger partial charge in [0, 0.05) is 19.1 Å². The second-order valence-electron chi connectivity index (χ2n) is 5.67. The number of hydrogen-bond acceptors (Lipinski definition) is 2. The van der Waals surface area contributed by atoms with Crippen molar-refractivity contribution in [1.29, 1.82) is 0 Å². The van der Waals surface area contributed by atoms with Crippen LogP contribution in [-0.2, 0) is 4.79 Å². The molecule has 2 atom stereocenters. The van der Waals surface area contributed by atoms with Crippen molar-refractivity contribution in [3.63, 3.8) is 0 Å². The minimum atomic E-state index is -0.0280. The number of carbonyl (C=O) groups excluding carboxylic acids is 1. The average Bonchev–Trinajstić information content (AvgIpc) is 2.39. The summed E-state index contributed by atoms with van der Waals surface area (Å²) in [5.41, 5.74) is 0. The number of unbranched alkanes of at least 4 members (excludes halogenated alkanes) is 2. The molecule has 2 unspecified atom stereocenters. The third-order valence-electron chi connectivity index (χ3n) is 3.81. The molecule has 0 aromatic rings. The Morgan fingerprint density at radius 2 is 1.83 bits per heavy atom. The molecule has 1 aliphatic rings. The zero-order valence-corrected chi connectivity index (χ0v) is 12.4. The lowest BCUT2D eigenvalue weighted by molar-refractivity contribution is -0.134. The summed E-state index contributed by atoms with van der Waals surface area (Å²) in [5, 5.41) is 3.44. The minimum absolute atomic E-state index is 0.0280.